The molecule has 0 bridgehead atoms. The summed E-state index contributed by atoms with van der Waals surface area (Å²) < 4.78 is 10.6. The molecular weight excluding hydrogens is 258 g/mol. The van der Waals surface area contributed by atoms with Crippen molar-refractivity contribution in [2.75, 3.05) is 13.8 Å². The van der Waals surface area contributed by atoms with Crippen molar-refractivity contribution >= 4 is 5.91 Å². The third kappa shape index (κ3) is 2.40. The first kappa shape index (κ1) is 12.4. The average Bonchev–Trinajstić information content (AvgIpc) is 2.95. The molecule has 1 aliphatic rings. The quantitative estimate of drug-likeness (QED) is 0.846. The number of amides is 1. The molecule has 0 saturated carbocycles. The van der Waals surface area contributed by atoms with Crippen LogP contribution >= 0.6 is 0 Å². The van der Waals surface area contributed by atoms with E-state index in [-0.39, 0.29) is 12.7 Å². The predicted molar refractivity (Wildman–Crippen MR) is 70.4 cm³/mol. The lowest BCUT2D eigenvalue weighted by atomic mass is 10.2. The highest BCUT2D eigenvalue weighted by atomic mass is 16.7. The van der Waals surface area contributed by atoms with Gasteiger partial charge in [0.15, 0.2) is 11.5 Å². The minimum Gasteiger partial charge on any atom is -0.454 e. The van der Waals surface area contributed by atoms with E-state index in [1.165, 1.54) is 18.6 Å². The van der Waals surface area contributed by atoms with E-state index in [1.54, 1.807) is 11.9 Å². The molecule has 3 rings (SSSR count). The molecule has 0 spiro atoms. The SMILES string of the molecule is CN(Cc1ccc2c(c1)OCO2)C(=O)c1cnccn1. The van der Waals surface area contributed by atoms with Gasteiger partial charge in [-0.15, -0.1) is 0 Å². The molecule has 0 unspecified atom stereocenters. The Morgan fingerprint density at radius 2 is 2.15 bits per heavy atom. The fourth-order valence-corrected chi connectivity index (χ4v) is 1.99. The first-order valence-corrected chi connectivity index (χ1v) is 6.14. The molecule has 6 heteroatoms. The third-order valence-corrected chi connectivity index (χ3v) is 2.99. The normalized spacial score (nSPS) is 12.2. The van der Waals surface area contributed by atoms with Gasteiger partial charge in [-0.3, -0.25) is 9.78 Å². The number of rotatable bonds is 3. The van der Waals surface area contributed by atoms with E-state index in [4.69, 9.17) is 9.47 Å². The van der Waals surface area contributed by atoms with E-state index < -0.39 is 0 Å². The highest BCUT2D eigenvalue weighted by molar-refractivity contribution is 5.91. The molecule has 2 aromatic rings. The van der Waals surface area contributed by atoms with Crippen molar-refractivity contribution in [3.8, 4) is 11.5 Å². The molecule has 6 nitrogen and oxygen atoms in total. The average molecular weight is 271 g/mol. The molecule has 1 amide bonds. The molecule has 0 atom stereocenters. The van der Waals surface area contributed by atoms with Crippen LogP contribution in [0.1, 0.15) is 16.1 Å². The molecule has 0 radical (unpaired) electrons. The maximum atomic E-state index is 12.2. The van der Waals surface area contributed by atoms with E-state index in [0.717, 1.165) is 11.3 Å². The lowest BCUT2D eigenvalue weighted by Gasteiger charge is -2.16. The highest BCUT2D eigenvalue weighted by Crippen LogP contribution is 2.32. The van der Waals surface area contributed by atoms with Crippen LogP contribution in [0.2, 0.25) is 0 Å². The van der Waals surface area contributed by atoms with Crippen molar-refractivity contribution in [2.45, 2.75) is 6.54 Å². The molecule has 0 fully saturated rings. The Bertz CT molecular complexity index is 631. The van der Waals surface area contributed by atoms with E-state index in [0.29, 0.717) is 18.0 Å². The summed E-state index contributed by atoms with van der Waals surface area (Å²) in [5.41, 5.74) is 1.30. The fraction of sp³-hybridized carbons (Fsp3) is 0.214. The van der Waals surface area contributed by atoms with Crippen molar-refractivity contribution in [3.63, 3.8) is 0 Å². The minimum absolute atomic E-state index is 0.171. The zero-order valence-corrected chi connectivity index (χ0v) is 10.9. The van der Waals surface area contributed by atoms with Crippen molar-refractivity contribution in [1.82, 2.24) is 14.9 Å². The second kappa shape index (κ2) is 5.16. The Labute approximate surface area is 116 Å². The van der Waals surface area contributed by atoms with E-state index in [2.05, 4.69) is 9.97 Å². The Hall–Kier alpha value is -2.63. The van der Waals surface area contributed by atoms with Gasteiger partial charge < -0.3 is 14.4 Å². The van der Waals surface area contributed by atoms with E-state index in [9.17, 15) is 4.79 Å². The van der Waals surface area contributed by atoms with Crippen LogP contribution in [0.5, 0.6) is 11.5 Å². The summed E-state index contributed by atoms with van der Waals surface area (Å²) in [6.07, 6.45) is 4.49. The number of nitrogens with zero attached hydrogens (tertiary/aromatic N) is 3. The van der Waals surface area contributed by atoms with Crippen LogP contribution < -0.4 is 9.47 Å². The van der Waals surface area contributed by atoms with Crippen molar-refractivity contribution < 1.29 is 14.3 Å². The number of carbonyl (C=O) groups is 1. The van der Waals surface area contributed by atoms with Gasteiger partial charge in [0.2, 0.25) is 6.79 Å². The molecule has 1 aromatic carbocycles. The largest absolute Gasteiger partial charge is 0.454 e. The Kier molecular flexibility index (Phi) is 3.20. The Morgan fingerprint density at radius 3 is 2.95 bits per heavy atom. The van der Waals surface area contributed by atoms with E-state index >= 15 is 0 Å². The van der Waals surface area contributed by atoms with Crippen molar-refractivity contribution in [1.29, 1.82) is 0 Å². The van der Waals surface area contributed by atoms with Crippen LogP contribution in [0.15, 0.2) is 36.8 Å². The summed E-state index contributed by atoms with van der Waals surface area (Å²) >= 11 is 0. The van der Waals surface area contributed by atoms with Crippen LogP contribution in [0, 0.1) is 0 Å². The summed E-state index contributed by atoms with van der Waals surface area (Å²) in [7, 11) is 1.72. The zero-order valence-electron chi connectivity index (χ0n) is 10.9. The Morgan fingerprint density at radius 1 is 1.30 bits per heavy atom. The van der Waals surface area contributed by atoms with Crippen LogP contribution in [-0.4, -0.2) is 34.6 Å². The van der Waals surface area contributed by atoms with Gasteiger partial charge in [-0.05, 0) is 17.7 Å². The molecule has 0 aliphatic carbocycles. The van der Waals surface area contributed by atoms with Crippen LogP contribution in [0.25, 0.3) is 0 Å². The molecule has 102 valence electrons. The van der Waals surface area contributed by atoms with Crippen LogP contribution in [-0.2, 0) is 6.54 Å². The van der Waals surface area contributed by atoms with Gasteiger partial charge >= 0.3 is 0 Å². The number of ether oxygens (including phenoxy) is 2. The minimum atomic E-state index is -0.171. The topological polar surface area (TPSA) is 64.6 Å². The summed E-state index contributed by atoms with van der Waals surface area (Å²) in [5, 5.41) is 0. The maximum Gasteiger partial charge on any atom is 0.274 e. The number of aromatic nitrogens is 2. The Balaban J connectivity index is 1.73. The van der Waals surface area contributed by atoms with Crippen LogP contribution in [0.3, 0.4) is 0 Å². The second-order valence-corrected chi connectivity index (χ2v) is 4.44. The van der Waals surface area contributed by atoms with E-state index in [1.807, 2.05) is 18.2 Å². The predicted octanol–water partition coefficient (Wildman–Crippen LogP) is 1.48. The lowest BCUT2D eigenvalue weighted by molar-refractivity contribution is 0.0778. The van der Waals surface area contributed by atoms with Gasteiger partial charge in [-0.1, -0.05) is 6.07 Å². The molecule has 1 aliphatic heterocycles. The van der Waals surface area contributed by atoms with Gasteiger partial charge in [0.1, 0.15) is 5.69 Å². The molecule has 20 heavy (non-hydrogen) atoms. The highest BCUT2D eigenvalue weighted by Gasteiger charge is 2.16. The summed E-state index contributed by atoms with van der Waals surface area (Å²) in [6, 6.07) is 5.63. The van der Waals surface area contributed by atoms with Gasteiger partial charge in [0.05, 0.1) is 6.20 Å². The lowest BCUT2D eigenvalue weighted by Crippen LogP contribution is -2.27. The zero-order chi connectivity index (χ0) is 13.9. The molecule has 1 aromatic heterocycles. The van der Waals surface area contributed by atoms with Gasteiger partial charge in [-0.25, -0.2) is 4.98 Å². The van der Waals surface area contributed by atoms with Gasteiger partial charge in [-0.2, -0.15) is 0 Å². The molecular formula is C14H13N3O3. The third-order valence-electron chi connectivity index (χ3n) is 2.99. The van der Waals surface area contributed by atoms with Gasteiger partial charge in [0.25, 0.3) is 5.91 Å². The monoisotopic (exact) mass is 271 g/mol. The van der Waals surface area contributed by atoms with Crippen molar-refractivity contribution in [2.24, 2.45) is 0 Å². The van der Waals surface area contributed by atoms with Crippen molar-refractivity contribution in [3.05, 3.63) is 48.0 Å². The molecule has 0 saturated heterocycles. The smallest absolute Gasteiger partial charge is 0.274 e. The first-order chi connectivity index (χ1) is 9.74. The standard InChI is InChI=1S/C14H13N3O3/c1-17(14(18)11-7-15-4-5-16-11)8-10-2-3-12-13(6-10)20-9-19-12/h2-7H,8-9H2,1H3. The molecule has 2 heterocycles. The number of benzene rings is 1. The summed E-state index contributed by atoms with van der Waals surface area (Å²) in [4.78, 5) is 21.6. The maximum absolute atomic E-state index is 12.2. The number of fused-ring (bicyclic) bond motifs is 1. The number of hydrogen-bond acceptors (Lipinski definition) is 5. The number of hydrogen-bond donors (Lipinski definition) is 0. The second-order valence-electron chi connectivity index (χ2n) is 4.44. The molecule has 0 N–H and O–H groups in total. The van der Waals surface area contributed by atoms with Crippen LogP contribution in [0.4, 0.5) is 0 Å². The van der Waals surface area contributed by atoms with Gasteiger partial charge in [0, 0.05) is 26.0 Å². The summed E-state index contributed by atoms with van der Waals surface area (Å²) in [5.74, 6) is 1.27. The summed E-state index contributed by atoms with van der Waals surface area (Å²) in [6.45, 7) is 0.708. The number of carbonyl (C=O) groups excluding carboxylic acids is 1. The first-order valence-electron chi connectivity index (χ1n) is 6.14. The fourth-order valence-electron chi connectivity index (χ4n) is 1.99.